The molecule has 6 heteroatoms. The number of hydrogen-bond donors (Lipinski definition) is 1. The molecule has 0 saturated heterocycles. The number of imidazole rings is 1. The third-order valence-electron chi connectivity index (χ3n) is 3.12. The van der Waals surface area contributed by atoms with Gasteiger partial charge >= 0.3 is 0 Å². The summed E-state index contributed by atoms with van der Waals surface area (Å²) >= 11 is 0. The maximum atomic E-state index is 13.9. The molecule has 4 nitrogen and oxygen atoms in total. The lowest BCUT2D eigenvalue weighted by atomic mass is 10.1. The van der Waals surface area contributed by atoms with Crippen molar-refractivity contribution in [1.29, 1.82) is 0 Å². The number of hydrogen-bond acceptors (Lipinski definition) is 2. The van der Waals surface area contributed by atoms with Gasteiger partial charge in [0.15, 0.2) is 0 Å². The second-order valence-electron chi connectivity index (χ2n) is 4.57. The maximum absolute atomic E-state index is 13.9. The number of amides is 1. The van der Waals surface area contributed by atoms with Crippen LogP contribution >= 0.6 is 0 Å². The molecule has 0 atom stereocenters. The molecular weight excluding hydrogens is 288 g/mol. The molecule has 1 heterocycles. The molecule has 3 rings (SSSR count). The quantitative estimate of drug-likeness (QED) is 0.805. The van der Waals surface area contributed by atoms with Crippen molar-refractivity contribution in [2.45, 2.75) is 0 Å². The Labute approximate surface area is 125 Å². The molecule has 3 aromatic rings. The van der Waals surface area contributed by atoms with E-state index in [1.54, 1.807) is 23.0 Å². The zero-order valence-corrected chi connectivity index (χ0v) is 11.3. The van der Waals surface area contributed by atoms with Gasteiger partial charge in [-0.25, -0.2) is 13.8 Å². The van der Waals surface area contributed by atoms with Gasteiger partial charge in [0, 0.05) is 18.1 Å². The first-order valence-electron chi connectivity index (χ1n) is 6.49. The summed E-state index contributed by atoms with van der Waals surface area (Å²) < 4.78 is 29.1. The van der Waals surface area contributed by atoms with Crippen molar-refractivity contribution >= 4 is 11.6 Å². The number of nitrogens with one attached hydrogen (secondary N) is 1. The average Bonchev–Trinajstić information content (AvgIpc) is 3.04. The fourth-order valence-electron chi connectivity index (χ4n) is 2.01. The first-order chi connectivity index (χ1) is 10.6. The molecule has 0 radical (unpaired) electrons. The van der Waals surface area contributed by atoms with Crippen LogP contribution in [-0.2, 0) is 0 Å². The Kier molecular flexibility index (Phi) is 3.65. The molecule has 1 amide bonds. The number of anilines is 1. The van der Waals surface area contributed by atoms with Crippen LogP contribution in [0.15, 0.2) is 61.2 Å². The van der Waals surface area contributed by atoms with Gasteiger partial charge < -0.3 is 9.88 Å². The van der Waals surface area contributed by atoms with Crippen LogP contribution in [-0.4, -0.2) is 15.5 Å². The van der Waals surface area contributed by atoms with Crippen LogP contribution in [0.5, 0.6) is 0 Å². The Balaban J connectivity index is 1.92. The van der Waals surface area contributed by atoms with E-state index in [4.69, 9.17) is 0 Å². The van der Waals surface area contributed by atoms with E-state index in [0.717, 1.165) is 0 Å². The fraction of sp³-hybridized carbons (Fsp3) is 0. The van der Waals surface area contributed by atoms with Gasteiger partial charge in [-0.3, -0.25) is 4.79 Å². The van der Waals surface area contributed by atoms with E-state index in [2.05, 4.69) is 10.3 Å². The molecule has 0 aliphatic heterocycles. The van der Waals surface area contributed by atoms with Crippen molar-refractivity contribution in [2.24, 2.45) is 0 Å². The van der Waals surface area contributed by atoms with Gasteiger partial charge in [-0.05, 0) is 30.3 Å². The molecule has 0 spiro atoms. The number of nitrogens with zero attached hydrogens (tertiary/aromatic N) is 2. The molecule has 0 bridgehead atoms. The standard InChI is InChI=1S/C16H11F2N3O/c17-13-6-5-11(21-8-7-19-10-21)9-12(13)16(22)20-15-4-2-1-3-14(15)18/h1-10H,(H,20,22). The first-order valence-corrected chi connectivity index (χ1v) is 6.49. The summed E-state index contributed by atoms with van der Waals surface area (Å²) in [6.07, 6.45) is 4.78. The maximum Gasteiger partial charge on any atom is 0.258 e. The number of rotatable bonds is 3. The van der Waals surface area contributed by atoms with Crippen LogP contribution in [0.4, 0.5) is 14.5 Å². The molecule has 1 aromatic heterocycles. The van der Waals surface area contributed by atoms with Gasteiger partial charge in [-0.15, -0.1) is 0 Å². The summed E-state index contributed by atoms with van der Waals surface area (Å²) in [5.74, 6) is -1.98. The van der Waals surface area contributed by atoms with Gasteiger partial charge in [-0.1, -0.05) is 12.1 Å². The third kappa shape index (κ3) is 2.71. The molecule has 110 valence electrons. The van der Waals surface area contributed by atoms with E-state index in [0.29, 0.717) is 5.69 Å². The van der Waals surface area contributed by atoms with Crippen LogP contribution in [0.3, 0.4) is 0 Å². The summed E-state index contributed by atoms with van der Waals surface area (Å²) in [5, 5.41) is 2.36. The van der Waals surface area contributed by atoms with Crippen LogP contribution in [0.1, 0.15) is 10.4 Å². The van der Waals surface area contributed by atoms with Gasteiger partial charge in [0.25, 0.3) is 5.91 Å². The van der Waals surface area contributed by atoms with Crippen molar-refractivity contribution in [2.75, 3.05) is 5.32 Å². The van der Waals surface area contributed by atoms with Gasteiger partial charge in [0.05, 0.1) is 17.6 Å². The summed E-state index contributed by atoms with van der Waals surface area (Å²) in [6, 6.07) is 9.80. The Bertz CT molecular complexity index is 816. The number of carbonyl (C=O) groups is 1. The normalized spacial score (nSPS) is 10.5. The summed E-state index contributed by atoms with van der Waals surface area (Å²) in [7, 11) is 0. The lowest BCUT2D eigenvalue weighted by Gasteiger charge is -2.09. The van der Waals surface area contributed by atoms with E-state index in [-0.39, 0.29) is 11.3 Å². The first kappa shape index (κ1) is 13.9. The molecule has 0 fully saturated rings. The van der Waals surface area contributed by atoms with E-state index in [1.807, 2.05) is 0 Å². The van der Waals surface area contributed by atoms with Crippen LogP contribution in [0.2, 0.25) is 0 Å². The highest BCUT2D eigenvalue weighted by molar-refractivity contribution is 6.04. The molecule has 0 aliphatic carbocycles. The van der Waals surface area contributed by atoms with Gasteiger partial charge in [0.1, 0.15) is 11.6 Å². The molecule has 0 aliphatic rings. The number of aromatic nitrogens is 2. The van der Waals surface area contributed by atoms with Gasteiger partial charge in [-0.2, -0.15) is 0 Å². The van der Waals surface area contributed by atoms with Crippen molar-refractivity contribution in [3.05, 3.63) is 78.4 Å². The number of para-hydroxylation sites is 1. The molecule has 1 N–H and O–H groups in total. The number of halogens is 2. The SMILES string of the molecule is O=C(Nc1ccccc1F)c1cc(-n2ccnc2)ccc1F. The largest absolute Gasteiger partial charge is 0.319 e. The summed E-state index contributed by atoms with van der Waals surface area (Å²) in [5.41, 5.74) is 0.409. The van der Waals surface area contributed by atoms with Crippen molar-refractivity contribution in [1.82, 2.24) is 9.55 Å². The van der Waals surface area contributed by atoms with E-state index in [9.17, 15) is 13.6 Å². The minimum atomic E-state index is -0.718. The van der Waals surface area contributed by atoms with Crippen molar-refractivity contribution < 1.29 is 13.6 Å². The van der Waals surface area contributed by atoms with E-state index >= 15 is 0 Å². The highest BCUT2D eigenvalue weighted by atomic mass is 19.1. The van der Waals surface area contributed by atoms with Gasteiger partial charge in [0.2, 0.25) is 0 Å². The molecule has 22 heavy (non-hydrogen) atoms. The predicted octanol–water partition coefficient (Wildman–Crippen LogP) is 3.40. The minimum absolute atomic E-state index is 0.0000612. The highest BCUT2D eigenvalue weighted by Gasteiger charge is 2.14. The Morgan fingerprint density at radius 1 is 1.09 bits per heavy atom. The third-order valence-corrected chi connectivity index (χ3v) is 3.12. The Hall–Kier alpha value is -3.02. The lowest BCUT2D eigenvalue weighted by molar-refractivity contribution is 0.102. The highest BCUT2D eigenvalue weighted by Crippen LogP contribution is 2.18. The number of benzene rings is 2. The fourth-order valence-corrected chi connectivity index (χ4v) is 2.01. The van der Waals surface area contributed by atoms with Crippen LogP contribution in [0, 0.1) is 11.6 Å². The van der Waals surface area contributed by atoms with Crippen molar-refractivity contribution in [3.63, 3.8) is 0 Å². The topological polar surface area (TPSA) is 46.9 Å². The monoisotopic (exact) mass is 299 g/mol. The zero-order chi connectivity index (χ0) is 15.5. The van der Waals surface area contributed by atoms with Crippen LogP contribution < -0.4 is 5.32 Å². The Morgan fingerprint density at radius 2 is 1.91 bits per heavy atom. The average molecular weight is 299 g/mol. The smallest absolute Gasteiger partial charge is 0.258 e. The van der Waals surface area contributed by atoms with E-state index in [1.165, 1.54) is 42.7 Å². The molecular formula is C16H11F2N3O. The summed E-state index contributed by atoms with van der Waals surface area (Å²) in [4.78, 5) is 16.1. The second-order valence-corrected chi connectivity index (χ2v) is 4.57. The lowest BCUT2D eigenvalue weighted by Crippen LogP contribution is -2.15. The zero-order valence-electron chi connectivity index (χ0n) is 11.3. The predicted molar refractivity (Wildman–Crippen MR) is 77.9 cm³/mol. The molecule has 0 saturated carbocycles. The second kappa shape index (κ2) is 5.77. The number of carbonyl (C=O) groups excluding carboxylic acids is 1. The van der Waals surface area contributed by atoms with Crippen molar-refractivity contribution in [3.8, 4) is 5.69 Å². The molecule has 2 aromatic carbocycles. The summed E-state index contributed by atoms with van der Waals surface area (Å²) in [6.45, 7) is 0. The van der Waals surface area contributed by atoms with E-state index < -0.39 is 17.5 Å². The minimum Gasteiger partial charge on any atom is -0.319 e. The Morgan fingerprint density at radius 3 is 2.64 bits per heavy atom. The molecule has 0 unspecified atom stereocenters. The van der Waals surface area contributed by atoms with Crippen LogP contribution in [0.25, 0.3) is 5.69 Å².